The first-order chi connectivity index (χ1) is 10.7. The van der Waals surface area contributed by atoms with Crippen LogP contribution in [0.3, 0.4) is 0 Å². The molecule has 0 bridgehead atoms. The van der Waals surface area contributed by atoms with Crippen LogP contribution in [0.15, 0.2) is 42.5 Å². The fourth-order valence-electron chi connectivity index (χ4n) is 2.58. The molecule has 0 aliphatic carbocycles. The molecule has 22 heavy (non-hydrogen) atoms. The molecular weight excluding hydrogens is 281 g/mol. The van der Waals surface area contributed by atoms with E-state index in [0.717, 1.165) is 25.2 Å². The molecule has 1 heterocycles. The van der Waals surface area contributed by atoms with Crippen LogP contribution in [0.5, 0.6) is 0 Å². The van der Waals surface area contributed by atoms with Crippen molar-refractivity contribution in [1.82, 2.24) is 5.32 Å². The van der Waals surface area contributed by atoms with Gasteiger partial charge in [0, 0.05) is 17.9 Å². The first-order valence-corrected chi connectivity index (χ1v) is 7.30. The maximum atomic E-state index is 12.6. The highest BCUT2D eigenvalue weighted by Gasteiger charge is 2.10. The zero-order chi connectivity index (χ0) is 15.4. The summed E-state index contributed by atoms with van der Waals surface area (Å²) < 4.78 is 12.6. The number of carbonyl (C=O) groups excluding carboxylic acids is 1. The number of urea groups is 1. The largest absolute Gasteiger partial charge is 0.323 e. The van der Waals surface area contributed by atoms with Crippen molar-refractivity contribution in [3.8, 4) is 0 Å². The number of fused-ring (bicyclic) bond motifs is 1. The highest BCUT2D eigenvalue weighted by Crippen LogP contribution is 2.19. The minimum absolute atomic E-state index is 0.329. The van der Waals surface area contributed by atoms with E-state index in [9.17, 15) is 9.18 Å². The summed E-state index contributed by atoms with van der Waals surface area (Å²) in [6.45, 7) is 1.28. The van der Waals surface area contributed by atoms with E-state index in [2.05, 4.69) is 16.0 Å². The van der Waals surface area contributed by atoms with Gasteiger partial charge in [-0.2, -0.15) is 0 Å². The van der Waals surface area contributed by atoms with E-state index in [0.29, 0.717) is 11.3 Å². The highest BCUT2D eigenvalue weighted by molar-refractivity contribution is 5.99. The second kappa shape index (κ2) is 6.58. The topological polar surface area (TPSA) is 53.2 Å². The molecule has 2 aromatic carbocycles. The van der Waals surface area contributed by atoms with Crippen LogP contribution in [-0.2, 0) is 19.6 Å². The molecule has 2 amide bonds. The molecule has 3 N–H and O–H groups in total. The smallest absolute Gasteiger partial charge is 0.312 e. The second-order valence-corrected chi connectivity index (χ2v) is 5.32. The van der Waals surface area contributed by atoms with Gasteiger partial charge < -0.3 is 16.0 Å². The third kappa shape index (κ3) is 3.43. The monoisotopic (exact) mass is 299 g/mol. The molecule has 0 fully saturated rings. The van der Waals surface area contributed by atoms with Gasteiger partial charge in [-0.15, -0.1) is 0 Å². The van der Waals surface area contributed by atoms with E-state index in [1.807, 2.05) is 18.2 Å². The Bertz CT molecular complexity index is 687. The van der Waals surface area contributed by atoms with Crippen LogP contribution in [0.1, 0.15) is 16.7 Å². The lowest BCUT2D eigenvalue weighted by molar-refractivity contribution is 0.262. The van der Waals surface area contributed by atoms with Gasteiger partial charge in [0.25, 0.3) is 0 Å². The van der Waals surface area contributed by atoms with E-state index in [1.165, 1.54) is 11.1 Å². The molecule has 0 aromatic heterocycles. The van der Waals surface area contributed by atoms with Crippen LogP contribution in [0.25, 0.3) is 0 Å². The number of nitrogens with one attached hydrogen (secondary N) is 3. The molecular formula is C17H18FN3O. The molecule has 4 nitrogen and oxygen atoms in total. The van der Waals surface area contributed by atoms with E-state index in [1.54, 1.807) is 24.3 Å². The molecule has 2 aromatic rings. The van der Waals surface area contributed by atoms with Crippen molar-refractivity contribution in [2.24, 2.45) is 0 Å². The maximum absolute atomic E-state index is 12.6. The van der Waals surface area contributed by atoms with Gasteiger partial charge in [0.2, 0.25) is 0 Å². The fourth-order valence-corrected chi connectivity index (χ4v) is 2.58. The van der Waals surface area contributed by atoms with E-state index in [4.69, 9.17) is 0 Å². The number of benzene rings is 2. The molecule has 0 atom stereocenters. The standard InChI is InChI=1S/C17H18FN3O/c18-10-12-2-1-3-15(8-12)20-17(22)21-16-5-4-14-11-19-7-6-13(14)9-16/h1-5,8-9,19H,6-7,10-11H2,(H2,20,21,22). The lowest BCUT2D eigenvalue weighted by Crippen LogP contribution is -2.24. The van der Waals surface area contributed by atoms with Crippen molar-refractivity contribution >= 4 is 17.4 Å². The summed E-state index contributed by atoms with van der Waals surface area (Å²) in [7, 11) is 0. The van der Waals surface area contributed by atoms with Gasteiger partial charge >= 0.3 is 6.03 Å². The fraction of sp³-hybridized carbons (Fsp3) is 0.235. The molecule has 114 valence electrons. The third-order valence-corrected chi connectivity index (χ3v) is 3.69. The van der Waals surface area contributed by atoms with Crippen molar-refractivity contribution in [2.75, 3.05) is 17.2 Å². The van der Waals surface area contributed by atoms with Crippen molar-refractivity contribution in [3.63, 3.8) is 0 Å². The van der Waals surface area contributed by atoms with Crippen LogP contribution in [-0.4, -0.2) is 12.6 Å². The Morgan fingerprint density at radius 1 is 1.09 bits per heavy atom. The first kappa shape index (κ1) is 14.5. The van der Waals surface area contributed by atoms with E-state index >= 15 is 0 Å². The molecule has 0 saturated carbocycles. The second-order valence-electron chi connectivity index (χ2n) is 5.32. The van der Waals surface area contributed by atoms with Gasteiger partial charge in [-0.3, -0.25) is 0 Å². The number of halogens is 1. The Kier molecular flexibility index (Phi) is 4.34. The normalized spacial score (nSPS) is 13.3. The minimum atomic E-state index is -0.546. The summed E-state index contributed by atoms with van der Waals surface area (Å²) >= 11 is 0. The number of anilines is 2. The van der Waals surface area contributed by atoms with Crippen LogP contribution in [0.2, 0.25) is 0 Å². The first-order valence-electron chi connectivity index (χ1n) is 7.30. The van der Waals surface area contributed by atoms with Gasteiger partial charge in [-0.1, -0.05) is 18.2 Å². The Morgan fingerprint density at radius 3 is 2.73 bits per heavy atom. The van der Waals surface area contributed by atoms with Crippen LogP contribution >= 0.6 is 0 Å². The van der Waals surface area contributed by atoms with Gasteiger partial charge in [0.15, 0.2) is 0 Å². The molecule has 1 aliphatic rings. The van der Waals surface area contributed by atoms with Gasteiger partial charge in [0.1, 0.15) is 6.67 Å². The van der Waals surface area contributed by atoms with Crippen molar-refractivity contribution < 1.29 is 9.18 Å². The Hall–Kier alpha value is -2.40. The quantitative estimate of drug-likeness (QED) is 0.813. The Labute approximate surface area is 128 Å². The average Bonchev–Trinajstić information content (AvgIpc) is 2.55. The number of rotatable bonds is 3. The van der Waals surface area contributed by atoms with E-state index in [-0.39, 0.29) is 6.03 Å². The number of carbonyl (C=O) groups is 1. The van der Waals surface area contributed by atoms with Crippen LogP contribution < -0.4 is 16.0 Å². The highest BCUT2D eigenvalue weighted by atomic mass is 19.1. The predicted molar refractivity (Wildman–Crippen MR) is 85.7 cm³/mol. The SMILES string of the molecule is O=C(Nc1cccc(CF)c1)Nc1ccc2c(c1)CCNC2. The molecule has 3 rings (SSSR count). The predicted octanol–water partition coefficient (Wildman–Crippen LogP) is 3.45. The van der Waals surface area contributed by atoms with E-state index < -0.39 is 6.67 Å². The van der Waals surface area contributed by atoms with Gasteiger partial charge in [-0.25, -0.2) is 9.18 Å². The number of hydrogen-bond donors (Lipinski definition) is 3. The number of alkyl halides is 1. The molecule has 0 saturated heterocycles. The lowest BCUT2D eigenvalue weighted by Gasteiger charge is -2.18. The van der Waals surface area contributed by atoms with Crippen molar-refractivity contribution in [1.29, 1.82) is 0 Å². The van der Waals surface area contributed by atoms with Crippen LogP contribution in [0, 0.1) is 0 Å². The summed E-state index contributed by atoms with van der Waals surface area (Å²) in [5, 5.41) is 8.84. The van der Waals surface area contributed by atoms with Gasteiger partial charge in [-0.05, 0) is 53.9 Å². The summed E-state index contributed by atoms with van der Waals surface area (Å²) in [6, 6.07) is 12.4. The zero-order valence-corrected chi connectivity index (χ0v) is 12.2. The number of amides is 2. The Morgan fingerprint density at radius 2 is 1.91 bits per heavy atom. The third-order valence-electron chi connectivity index (χ3n) is 3.69. The van der Waals surface area contributed by atoms with Crippen molar-refractivity contribution in [3.05, 3.63) is 59.2 Å². The zero-order valence-electron chi connectivity index (χ0n) is 12.2. The average molecular weight is 299 g/mol. The maximum Gasteiger partial charge on any atom is 0.323 e. The minimum Gasteiger partial charge on any atom is -0.312 e. The molecule has 0 unspecified atom stereocenters. The van der Waals surface area contributed by atoms with Crippen molar-refractivity contribution in [2.45, 2.75) is 19.6 Å². The van der Waals surface area contributed by atoms with Crippen LogP contribution in [0.4, 0.5) is 20.6 Å². The Balaban J connectivity index is 1.66. The summed E-state index contributed by atoms with van der Waals surface area (Å²) in [4.78, 5) is 12.0. The molecule has 0 radical (unpaired) electrons. The molecule has 1 aliphatic heterocycles. The summed E-state index contributed by atoms with van der Waals surface area (Å²) in [5.74, 6) is 0. The lowest BCUT2D eigenvalue weighted by atomic mass is 10.0. The van der Waals surface area contributed by atoms with Gasteiger partial charge in [0.05, 0.1) is 0 Å². The summed E-state index contributed by atoms with van der Waals surface area (Å²) in [6.07, 6.45) is 0.963. The molecule has 0 spiro atoms. The molecule has 5 heteroatoms. The summed E-state index contributed by atoms with van der Waals surface area (Å²) in [5.41, 5.74) is 4.41. The number of hydrogen-bond acceptors (Lipinski definition) is 2.